The van der Waals surface area contributed by atoms with Gasteiger partial charge in [-0.05, 0) is 43.3 Å². The highest BCUT2D eigenvalue weighted by molar-refractivity contribution is 5.86. The summed E-state index contributed by atoms with van der Waals surface area (Å²) >= 11 is 0. The summed E-state index contributed by atoms with van der Waals surface area (Å²) in [5.41, 5.74) is 5.78. The lowest BCUT2D eigenvalue weighted by atomic mass is 10.1. The van der Waals surface area contributed by atoms with Crippen LogP contribution in [0.15, 0.2) is 82.2 Å². The van der Waals surface area contributed by atoms with Crippen molar-refractivity contribution < 1.29 is 9.15 Å². The second kappa shape index (κ2) is 6.95. The highest BCUT2D eigenvalue weighted by Gasteiger charge is 2.13. The Bertz CT molecular complexity index is 1360. The van der Waals surface area contributed by atoms with Crippen molar-refractivity contribution in [1.82, 2.24) is 9.97 Å². The Labute approximate surface area is 167 Å². The standard InChI is InChI=1S/C24H19N3O2/c1-15-10-12-17(13-11-15)25-24-18(23-26-19-7-3-4-8-20(19)27-23)14-16-6-5-9-21(28-2)22(16)29-24/h3-14H,1-2H3,(H,26,27). The molecule has 0 amide bonds. The Morgan fingerprint density at radius 1 is 0.966 bits per heavy atom. The average molecular weight is 381 g/mol. The minimum absolute atomic E-state index is 0.477. The molecular weight excluding hydrogens is 362 g/mol. The molecule has 0 saturated heterocycles. The minimum Gasteiger partial charge on any atom is -0.493 e. The molecule has 2 aromatic heterocycles. The van der Waals surface area contributed by atoms with Gasteiger partial charge in [-0.3, -0.25) is 0 Å². The molecule has 5 aromatic rings. The van der Waals surface area contributed by atoms with Gasteiger partial charge < -0.3 is 14.1 Å². The van der Waals surface area contributed by atoms with E-state index in [1.807, 2.05) is 72.8 Å². The number of nitrogens with one attached hydrogen (secondary N) is 1. The molecule has 0 atom stereocenters. The molecule has 0 bridgehead atoms. The normalized spacial score (nSPS) is 12.0. The van der Waals surface area contributed by atoms with Crippen LogP contribution in [0.2, 0.25) is 0 Å². The number of fused-ring (bicyclic) bond motifs is 2. The molecule has 0 aliphatic heterocycles. The molecule has 5 nitrogen and oxygen atoms in total. The number of hydrogen-bond donors (Lipinski definition) is 1. The van der Waals surface area contributed by atoms with E-state index in [0.29, 0.717) is 22.7 Å². The number of methoxy groups -OCH3 is 1. The monoisotopic (exact) mass is 381 g/mol. The first-order valence-corrected chi connectivity index (χ1v) is 9.39. The number of aromatic amines is 1. The Morgan fingerprint density at radius 2 is 1.79 bits per heavy atom. The van der Waals surface area contributed by atoms with Crippen LogP contribution in [-0.2, 0) is 0 Å². The summed E-state index contributed by atoms with van der Waals surface area (Å²) in [5, 5.41) is 0.919. The fourth-order valence-corrected chi connectivity index (χ4v) is 3.35. The number of nitrogens with zero attached hydrogens (tertiary/aromatic N) is 2. The van der Waals surface area contributed by atoms with Gasteiger partial charge in [0.15, 0.2) is 11.3 Å². The van der Waals surface area contributed by atoms with Gasteiger partial charge in [0.1, 0.15) is 5.82 Å². The highest BCUT2D eigenvalue weighted by atomic mass is 16.5. The Morgan fingerprint density at radius 3 is 2.59 bits per heavy atom. The molecular formula is C24H19N3O2. The third kappa shape index (κ3) is 3.17. The molecule has 0 aliphatic carbocycles. The van der Waals surface area contributed by atoms with E-state index >= 15 is 0 Å². The first-order chi connectivity index (χ1) is 14.2. The maximum Gasteiger partial charge on any atom is 0.231 e. The van der Waals surface area contributed by atoms with Crippen LogP contribution in [0.1, 0.15) is 5.56 Å². The largest absolute Gasteiger partial charge is 0.493 e. The van der Waals surface area contributed by atoms with E-state index in [2.05, 4.69) is 11.9 Å². The smallest absolute Gasteiger partial charge is 0.231 e. The van der Waals surface area contributed by atoms with Crippen molar-refractivity contribution in [2.45, 2.75) is 6.92 Å². The van der Waals surface area contributed by atoms with Crippen molar-refractivity contribution in [3.8, 4) is 17.1 Å². The number of benzene rings is 3. The Hall–Kier alpha value is -3.86. The molecule has 0 aliphatic rings. The summed E-state index contributed by atoms with van der Waals surface area (Å²) in [7, 11) is 1.63. The van der Waals surface area contributed by atoms with E-state index in [1.54, 1.807) is 7.11 Å². The number of ether oxygens (including phenoxy) is 1. The molecule has 29 heavy (non-hydrogen) atoms. The lowest BCUT2D eigenvalue weighted by Gasteiger charge is -2.06. The predicted octanol–water partition coefficient (Wildman–Crippen LogP) is 5.53. The molecule has 5 rings (SSSR count). The topological polar surface area (TPSA) is 63.4 Å². The summed E-state index contributed by atoms with van der Waals surface area (Å²) in [6, 6.07) is 23.8. The maximum atomic E-state index is 6.25. The second-order valence-electron chi connectivity index (χ2n) is 6.89. The first-order valence-electron chi connectivity index (χ1n) is 9.39. The van der Waals surface area contributed by atoms with Crippen LogP contribution in [0.4, 0.5) is 5.69 Å². The molecule has 0 radical (unpaired) electrons. The molecule has 5 heteroatoms. The van der Waals surface area contributed by atoms with Crippen LogP contribution in [0.5, 0.6) is 5.75 Å². The zero-order chi connectivity index (χ0) is 19.8. The number of para-hydroxylation sites is 3. The third-order valence-corrected chi connectivity index (χ3v) is 4.87. The average Bonchev–Trinajstić information content (AvgIpc) is 3.18. The van der Waals surface area contributed by atoms with Crippen molar-refractivity contribution in [2.75, 3.05) is 7.11 Å². The van der Waals surface area contributed by atoms with E-state index < -0.39 is 0 Å². The van der Waals surface area contributed by atoms with E-state index in [4.69, 9.17) is 19.1 Å². The Balaban J connectivity index is 1.82. The number of aryl methyl sites for hydroxylation is 1. The van der Waals surface area contributed by atoms with Crippen molar-refractivity contribution >= 4 is 27.7 Å². The van der Waals surface area contributed by atoms with Gasteiger partial charge in [0.25, 0.3) is 0 Å². The van der Waals surface area contributed by atoms with Crippen molar-refractivity contribution in [3.05, 3.63) is 83.9 Å². The van der Waals surface area contributed by atoms with Crippen LogP contribution in [0.25, 0.3) is 33.4 Å². The molecule has 142 valence electrons. The zero-order valence-electron chi connectivity index (χ0n) is 16.1. The summed E-state index contributed by atoms with van der Waals surface area (Å²) in [6.45, 7) is 2.05. The molecule has 0 spiro atoms. The number of aromatic nitrogens is 2. The number of imidazole rings is 1. The fraction of sp³-hybridized carbons (Fsp3) is 0.0833. The quantitative estimate of drug-likeness (QED) is 0.447. The summed E-state index contributed by atoms with van der Waals surface area (Å²) in [4.78, 5) is 12.9. The van der Waals surface area contributed by atoms with Gasteiger partial charge in [-0.2, -0.15) is 0 Å². The van der Waals surface area contributed by atoms with Gasteiger partial charge in [0.05, 0.1) is 29.4 Å². The molecule has 2 heterocycles. The summed E-state index contributed by atoms with van der Waals surface area (Å²) < 4.78 is 11.7. The van der Waals surface area contributed by atoms with Crippen LogP contribution >= 0.6 is 0 Å². The Kier molecular flexibility index (Phi) is 4.13. The second-order valence-corrected chi connectivity index (χ2v) is 6.89. The third-order valence-electron chi connectivity index (χ3n) is 4.87. The van der Waals surface area contributed by atoms with Gasteiger partial charge in [-0.25, -0.2) is 9.98 Å². The van der Waals surface area contributed by atoms with Crippen LogP contribution in [-0.4, -0.2) is 17.1 Å². The summed E-state index contributed by atoms with van der Waals surface area (Å²) in [6.07, 6.45) is 0. The van der Waals surface area contributed by atoms with Gasteiger partial charge in [-0.15, -0.1) is 0 Å². The van der Waals surface area contributed by atoms with Crippen molar-refractivity contribution in [1.29, 1.82) is 0 Å². The first kappa shape index (κ1) is 17.3. The minimum atomic E-state index is 0.477. The highest BCUT2D eigenvalue weighted by Crippen LogP contribution is 2.28. The van der Waals surface area contributed by atoms with Crippen molar-refractivity contribution in [3.63, 3.8) is 0 Å². The molecule has 0 unspecified atom stereocenters. The van der Waals surface area contributed by atoms with Crippen LogP contribution < -0.4 is 10.3 Å². The van der Waals surface area contributed by atoms with Gasteiger partial charge >= 0.3 is 0 Å². The van der Waals surface area contributed by atoms with Gasteiger partial charge in [-0.1, -0.05) is 42.0 Å². The van der Waals surface area contributed by atoms with E-state index in [1.165, 1.54) is 5.56 Å². The molecule has 0 saturated carbocycles. The predicted molar refractivity (Wildman–Crippen MR) is 114 cm³/mol. The van der Waals surface area contributed by atoms with E-state index in [9.17, 15) is 0 Å². The fourth-order valence-electron chi connectivity index (χ4n) is 3.35. The number of H-pyrrole nitrogens is 1. The van der Waals surface area contributed by atoms with Gasteiger partial charge in [0.2, 0.25) is 5.55 Å². The number of rotatable bonds is 3. The SMILES string of the molecule is COc1cccc2cc(-c3nc4ccccc4[nH]3)c(=Nc3ccc(C)cc3)oc12. The summed E-state index contributed by atoms with van der Waals surface area (Å²) in [5.74, 6) is 1.38. The van der Waals surface area contributed by atoms with Crippen LogP contribution in [0.3, 0.4) is 0 Å². The van der Waals surface area contributed by atoms with Crippen molar-refractivity contribution in [2.24, 2.45) is 4.99 Å². The van der Waals surface area contributed by atoms with E-state index in [0.717, 1.165) is 27.7 Å². The zero-order valence-corrected chi connectivity index (χ0v) is 16.1. The lowest BCUT2D eigenvalue weighted by Crippen LogP contribution is -2.07. The van der Waals surface area contributed by atoms with Crippen LogP contribution in [0, 0.1) is 6.92 Å². The van der Waals surface area contributed by atoms with Gasteiger partial charge in [0, 0.05) is 5.39 Å². The molecule has 3 aromatic carbocycles. The molecule has 1 N–H and O–H groups in total. The van der Waals surface area contributed by atoms with E-state index in [-0.39, 0.29) is 0 Å². The maximum absolute atomic E-state index is 6.25. The molecule has 0 fully saturated rings. The number of hydrogen-bond acceptors (Lipinski definition) is 4. The lowest BCUT2D eigenvalue weighted by molar-refractivity contribution is 0.406.